The number of piperazine rings is 1. The Kier molecular flexibility index (Phi) is 3.46. The number of nitrogens with zero attached hydrogens (tertiary/aromatic N) is 4. The Morgan fingerprint density at radius 1 is 1.33 bits per heavy atom. The van der Waals surface area contributed by atoms with Crippen LogP contribution in [0, 0.1) is 11.3 Å². The lowest BCUT2D eigenvalue weighted by molar-refractivity contribution is 0.157. The van der Waals surface area contributed by atoms with Crippen LogP contribution in [-0.4, -0.2) is 46.6 Å². The lowest BCUT2D eigenvalue weighted by atomic mass is 10.0. The Balaban J connectivity index is 1.73. The number of aromatic nitrogens is 2. The number of aromatic amines is 1. The van der Waals surface area contributed by atoms with Crippen molar-refractivity contribution in [3.8, 4) is 6.07 Å². The second-order valence-electron chi connectivity index (χ2n) is 6.41. The number of rotatable bonds is 3. The van der Waals surface area contributed by atoms with Crippen molar-refractivity contribution in [3.63, 3.8) is 0 Å². The molecule has 0 radical (unpaired) electrons. The minimum Gasteiger partial charge on any atom is -0.354 e. The summed E-state index contributed by atoms with van der Waals surface area (Å²) in [5, 5.41) is 9.21. The first-order valence-corrected chi connectivity index (χ1v) is 7.52. The summed E-state index contributed by atoms with van der Waals surface area (Å²) in [6.45, 7) is 7.11. The number of anilines is 1. The normalized spacial score (nSPS) is 20.3. The molecule has 1 saturated heterocycles. The van der Waals surface area contributed by atoms with Crippen LogP contribution < -0.4 is 10.5 Å². The van der Waals surface area contributed by atoms with Crippen molar-refractivity contribution in [1.82, 2.24) is 14.9 Å². The fourth-order valence-corrected chi connectivity index (χ4v) is 2.74. The molecule has 0 bridgehead atoms. The summed E-state index contributed by atoms with van der Waals surface area (Å²) in [4.78, 5) is 23.6. The number of H-pyrrole nitrogens is 1. The number of hydrogen-bond donors (Lipinski definition) is 1. The van der Waals surface area contributed by atoms with Crippen LogP contribution in [0.1, 0.15) is 38.4 Å². The molecular formula is C15H21N5O. The molecule has 1 aromatic rings. The van der Waals surface area contributed by atoms with Crippen molar-refractivity contribution in [1.29, 1.82) is 5.26 Å². The first-order valence-electron chi connectivity index (χ1n) is 7.52. The highest BCUT2D eigenvalue weighted by molar-refractivity contribution is 5.39. The van der Waals surface area contributed by atoms with Gasteiger partial charge in [0.05, 0.1) is 6.07 Å². The zero-order chi connectivity index (χ0) is 15.0. The minimum atomic E-state index is -0.438. The molecule has 1 saturated carbocycles. The molecule has 1 aliphatic heterocycles. The Bertz CT molecular complexity index is 618. The summed E-state index contributed by atoms with van der Waals surface area (Å²) in [6.07, 6.45) is 2.24. The number of nitrogens with one attached hydrogen (secondary N) is 1. The van der Waals surface area contributed by atoms with Crippen molar-refractivity contribution < 1.29 is 0 Å². The molecule has 1 aromatic heterocycles. The van der Waals surface area contributed by atoms with Crippen molar-refractivity contribution in [3.05, 3.63) is 22.2 Å². The smallest absolute Gasteiger partial charge is 0.252 e. The second kappa shape index (κ2) is 5.15. The van der Waals surface area contributed by atoms with Gasteiger partial charge in [0.15, 0.2) is 0 Å². The molecule has 0 aromatic carbocycles. The topological polar surface area (TPSA) is 76.0 Å². The second-order valence-corrected chi connectivity index (χ2v) is 6.41. The molecule has 2 aliphatic rings. The van der Waals surface area contributed by atoms with E-state index in [9.17, 15) is 10.1 Å². The van der Waals surface area contributed by atoms with Gasteiger partial charge in [0.2, 0.25) is 0 Å². The lowest BCUT2D eigenvalue weighted by Gasteiger charge is -2.40. The van der Waals surface area contributed by atoms with Gasteiger partial charge < -0.3 is 9.88 Å². The van der Waals surface area contributed by atoms with E-state index in [4.69, 9.17) is 0 Å². The summed E-state index contributed by atoms with van der Waals surface area (Å²) in [5.74, 6) is 2.05. The van der Waals surface area contributed by atoms with Crippen LogP contribution in [0.15, 0.2) is 10.9 Å². The molecular weight excluding hydrogens is 266 g/mol. The molecule has 1 aliphatic carbocycles. The highest BCUT2D eigenvalue weighted by Crippen LogP contribution is 2.38. The first kappa shape index (κ1) is 14.1. The van der Waals surface area contributed by atoms with E-state index in [0.29, 0.717) is 5.92 Å². The van der Waals surface area contributed by atoms with Crippen molar-refractivity contribution in [2.45, 2.75) is 38.1 Å². The van der Waals surface area contributed by atoms with Crippen LogP contribution in [0.4, 0.5) is 5.82 Å². The van der Waals surface area contributed by atoms with E-state index in [0.717, 1.165) is 50.7 Å². The Hall–Kier alpha value is -1.87. The molecule has 0 spiro atoms. The monoisotopic (exact) mass is 287 g/mol. The Labute approximate surface area is 124 Å². The fraction of sp³-hybridized carbons (Fsp3) is 0.667. The van der Waals surface area contributed by atoms with E-state index in [1.807, 2.05) is 13.8 Å². The van der Waals surface area contributed by atoms with Gasteiger partial charge in [-0.15, -0.1) is 0 Å². The van der Waals surface area contributed by atoms with Gasteiger partial charge in [-0.2, -0.15) is 5.26 Å². The molecule has 6 nitrogen and oxygen atoms in total. The summed E-state index contributed by atoms with van der Waals surface area (Å²) in [7, 11) is 0. The average Bonchev–Trinajstić information content (AvgIpc) is 3.31. The van der Waals surface area contributed by atoms with Gasteiger partial charge in [0.25, 0.3) is 5.56 Å². The van der Waals surface area contributed by atoms with E-state index >= 15 is 0 Å². The van der Waals surface area contributed by atoms with Crippen LogP contribution in [0.5, 0.6) is 0 Å². The molecule has 2 fully saturated rings. The average molecular weight is 287 g/mol. The van der Waals surface area contributed by atoms with E-state index in [1.54, 1.807) is 6.07 Å². The molecule has 0 amide bonds. The summed E-state index contributed by atoms with van der Waals surface area (Å²) >= 11 is 0. The zero-order valence-electron chi connectivity index (χ0n) is 12.6. The summed E-state index contributed by atoms with van der Waals surface area (Å²) < 4.78 is 0. The van der Waals surface area contributed by atoms with Gasteiger partial charge in [-0.25, -0.2) is 4.98 Å². The van der Waals surface area contributed by atoms with Crippen LogP contribution in [0.25, 0.3) is 0 Å². The first-order chi connectivity index (χ1) is 9.99. The predicted molar refractivity (Wildman–Crippen MR) is 80.3 cm³/mol. The number of hydrogen-bond acceptors (Lipinski definition) is 5. The third kappa shape index (κ3) is 2.93. The molecule has 6 heteroatoms. The van der Waals surface area contributed by atoms with E-state index < -0.39 is 5.54 Å². The summed E-state index contributed by atoms with van der Waals surface area (Å²) in [6, 6.07) is 3.92. The number of nitriles is 1. The maximum absolute atomic E-state index is 11.8. The third-order valence-corrected chi connectivity index (χ3v) is 4.38. The largest absolute Gasteiger partial charge is 0.354 e. The van der Waals surface area contributed by atoms with Crippen LogP contribution in [0.3, 0.4) is 0 Å². The van der Waals surface area contributed by atoms with Crippen LogP contribution >= 0.6 is 0 Å². The van der Waals surface area contributed by atoms with Crippen LogP contribution in [0.2, 0.25) is 0 Å². The van der Waals surface area contributed by atoms with E-state index in [-0.39, 0.29) is 5.56 Å². The van der Waals surface area contributed by atoms with Gasteiger partial charge in [0, 0.05) is 38.2 Å². The van der Waals surface area contributed by atoms with Gasteiger partial charge in [0.1, 0.15) is 17.2 Å². The van der Waals surface area contributed by atoms with Gasteiger partial charge in [-0.3, -0.25) is 9.69 Å². The SMILES string of the molecule is CC(C)(C#N)N1CCN(c2cc(=O)[nH]c(C3CC3)n2)CC1. The standard InChI is InChI=1S/C15H21N5O/c1-15(2,10-16)20-7-5-19(6-8-20)12-9-13(21)18-14(17-12)11-3-4-11/h9,11H,3-8H2,1-2H3,(H,17,18,21). The fourth-order valence-electron chi connectivity index (χ4n) is 2.74. The van der Waals surface area contributed by atoms with Crippen molar-refractivity contribution in [2.24, 2.45) is 0 Å². The van der Waals surface area contributed by atoms with E-state index in [2.05, 4.69) is 25.8 Å². The predicted octanol–water partition coefficient (Wildman–Crippen LogP) is 1.07. The lowest BCUT2D eigenvalue weighted by Crippen LogP contribution is -2.54. The van der Waals surface area contributed by atoms with Gasteiger partial charge in [-0.1, -0.05) is 0 Å². The van der Waals surface area contributed by atoms with Crippen LogP contribution in [-0.2, 0) is 0 Å². The molecule has 112 valence electrons. The van der Waals surface area contributed by atoms with Gasteiger partial charge >= 0.3 is 0 Å². The van der Waals surface area contributed by atoms with Crippen molar-refractivity contribution in [2.75, 3.05) is 31.1 Å². The molecule has 0 unspecified atom stereocenters. The molecule has 0 atom stereocenters. The minimum absolute atomic E-state index is 0.0679. The maximum Gasteiger partial charge on any atom is 0.252 e. The maximum atomic E-state index is 11.8. The highest BCUT2D eigenvalue weighted by Gasteiger charge is 2.31. The Morgan fingerprint density at radius 2 is 2.00 bits per heavy atom. The highest BCUT2D eigenvalue weighted by atomic mass is 16.1. The summed E-state index contributed by atoms with van der Waals surface area (Å²) in [5.41, 5.74) is -0.506. The molecule has 21 heavy (non-hydrogen) atoms. The molecule has 3 rings (SSSR count). The van der Waals surface area contributed by atoms with Crippen molar-refractivity contribution >= 4 is 5.82 Å². The molecule has 1 N–H and O–H groups in total. The third-order valence-electron chi connectivity index (χ3n) is 4.38. The van der Waals surface area contributed by atoms with Gasteiger partial charge in [-0.05, 0) is 26.7 Å². The quantitative estimate of drug-likeness (QED) is 0.900. The van der Waals surface area contributed by atoms with E-state index in [1.165, 1.54) is 0 Å². The molecule has 2 heterocycles. The zero-order valence-corrected chi connectivity index (χ0v) is 12.6. The Morgan fingerprint density at radius 3 is 2.57 bits per heavy atom.